The molecule has 1 aliphatic carbocycles. The predicted molar refractivity (Wildman–Crippen MR) is 124 cm³/mol. The van der Waals surface area contributed by atoms with Crippen LogP contribution < -0.4 is 9.80 Å². The minimum Gasteiger partial charge on any atom is -0.355 e. The Hall–Kier alpha value is -2.64. The second kappa shape index (κ2) is 6.93. The molecule has 164 valence electrons. The van der Waals surface area contributed by atoms with Crippen LogP contribution in [0.5, 0.6) is 0 Å². The average molecular weight is 448 g/mol. The van der Waals surface area contributed by atoms with Crippen molar-refractivity contribution in [2.24, 2.45) is 5.41 Å². The first-order valence-electron chi connectivity index (χ1n) is 11.6. The topological polar surface area (TPSA) is 53.3 Å². The van der Waals surface area contributed by atoms with Crippen LogP contribution >= 0.6 is 11.6 Å². The van der Waals surface area contributed by atoms with Crippen LogP contribution in [0.25, 0.3) is 5.69 Å². The summed E-state index contributed by atoms with van der Waals surface area (Å²) in [6.45, 7) is 5.92. The minimum absolute atomic E-state index is 0.343. The van der Waals surface area contributed by atoms with E-state index in [4.69, 9.17) is 11.6 Å². The Kier molecular flexibility index (Phi) is 4.09. The van der Waals surface area contributed by atoms with Gasteiger partial charge >= 0.3 is 0 Å². The molecule has 7 rings (SSSR count). The quantitative estimate of drug-likeness (QED) is 0.612. The molecule has 0 atom stereocenters. The van der Waals surface area contributed by atoms with Gasteiger partial charge in [-0.2, -0.15) is 0 Å². The molecule has 1 spiro atoms. The lowest BCUT2D eigenvalue weighted by molar-refractivity contribution is 0.110. The van der Waals surface area contributed by atoms with Gasteiger partial charge in [-0.1, -0.05) is 24.1 Å². The van der Waals surface area contributed by atoms with Gasteiger partial charge in [0.15, 0.2) is 5.82 Å². The van der Waals surface area contributed by atoms with Gasteiger partial charge in [0, 0.05) is 55.4 Å². The molecule has 0 amide bonds. The maximum absolute atomic E-state index is 6.40. The highest BCUT2D eigenvalue weighted by molar-refractivity contribution is 6.30. The summed E-state index contributed by atoms with van der Waals surface area (Å²) in [4.78, 5) is 11.8. The number of nitrogens with zero attached hydrogens (tertiary/aromatic N) is 7. The molecule has 3 fully saturated rings. The molecule has 2 saturated heterocycles. The first-order chi connectivity index (χ1) is 15.7. The Morgan fingerprint density at radius 1 is 0.938 bits per heavy atom. The van der Waals surface area contributed by atoms with Crippen molar-refractivity contribution in [3.8, 4) is 5.69 Å². The fourth-order valence-electron chi connectivity index (χ4n) is 5.80. The highest BCUT2D eigenvalue weighted by Crippen LogP contribution is 2.44. The van der Waals surface area contributed by atoms with Crippen molar-refractivity contribution < 1.29 is 0 Å². The monoisotopic (exact) mass is 447 g/mol. The number of pyridine rings is 1. The van der Waals surface area contributed by atoms with E-state index in [-0.39, 0.29) is 0 Å². The Balaban J connectivity index is 1.16. The zero-order valence-corrected chi connectivity index (χ0v) is 18.7. The number of benzene rings is 1. The second-order valence-corrected chi connectivity index (χ2v) is 10.4. The molecular weight excluding hydrogens is 422 g/mol. The van der Waals surface area contributed by atoms with E-state index in [1.54, 1.807) is 0 Å². The summed E-state index contributed by atoms with van der Waals surface area (Å²) in [5.41, 5.74) is 2.79. The van der Waals surface area contributed by atoms with Crippen LogP contribution in [0.3, 0.4) is 0 Å². The van der Waals surface area contributed by atoms with Crippen molar-refractivity contribution in [1.82, 2.24) is 24.6 Å². The van der Waals surface area contributed by atoms with E-state index >= 15 is 0 Å². The van der Waals surface area contributed by atoms with E-state index in [0.29, 0.717) is 11.5 Å². The van der Waals surface area contributed by atoms with Crippen molar-refractivity contribution >= 4 is 23.4 Å². The van der Waals surface area contributed by atoms with Gasteiger partial charge in [-0.25, -0.2) is 4.98 Å². The van der Waals surface area contributed by atoms with Gasteiger partial charge in [0.2, 0.25) is 5.95 Å². The van der Waals surface area contributed by atoms with Gasteiger partial charge in [0.05, 0.1) is 12.2 Å². The molecule has 0 bridgehead atoms. The van der Waals surface area contributed by atoms with Crippen molar-refractivity contribution in [3.05, 3.63) is 59.0 Å². The largest absolute Gasteiger partial charge is 0.355 e. The van der Waals surface area contributed by atoms with Crippen molar-refractivity contribution in [3.63, 3.8) is 0 Å². The van der Waals surface area contributed by atoms with Gasteiger partial charge in [-0.05, 0) is 48.7 Å². The van der Waals surface area contributed by atoms with Crippen molar-refractivity contribution in [1.29, 1.82) is 0 Å². The van der Waals surface area contributed by atoms with E-state index in [0.717, 1.165) is 61.9 Å². The zero-order chi connectivity index (χ0) is 21.3. The number of halogens is 1. The standard InChI is InChI=1S/C24H26ClN7/c25-18-7-8-20-17(10-18)11-29(19-4-3-5-19)12-22-27-28-23(32(20)22)31-15-24(16-31)13-30(14-24)21-6-1-2-9-26-21/h1-2,6-10,19H,3-5,11-16H2. The molecule has 0 unspecified atom stereocenters. The average Bonchev–Trinajstić information content (AvgIpc) is 3.01. The molecule has 1 saturated carbocycles. The normalized spacial score (nSPS) is 21.9. The number of rotatable bonds is 3. The number of hydrogen-bond acceptors (Lipinski definition) is 6. The van der Waals surface area contributed by atoms with Crippen molar-refractivity contribution in [2.45, 2.75) is 38.4 Å². The summed E-state index contributed by atoms with van der Waals surface area (Å²) >= 11 is 6.40. The Bertz CT molecular complexity index is 1160. The first-order valence-corrected chi connectivity index (χ1v) is 11.9. The third-order valence-electron chi connectivity index (χ3n) is 7.67. The molecule has 2 aromatic heterocycles. The summed E-state index contributed by atoms with van der Waals surface area (Å²) in [5.74, 6) is 3.09. The van der Waals surface area contributed by atoms with Crippen LogP contribution in [0, 0.1) is 5.41 Å². The summed E-state index contributed by atoms with van der Waals surface area (Å²) in [6.07, 6.45) is 5.75. The molecule has 8 heteroatoms. The Labute approximate surface area is 192 Å². The fourth-order valence-corrected chi connectivity index (χ4v) is 5.99. The molecule has 1 aromatic carbocycles. The van der Waals surface area contributed by atoms with Crippen LogP contribution in [0.1, 0.15) is 30.7 Å². The summed E-state index contributed by atoms with van der Waals surface area (Å²) in [6, 6.07) is 13.0. The van der Waals surface area contributed by atoms with Gasteiger partial charge in [0.25, 0.3) is 0 Å². The number of hydrogen-bond donors (Lipinski definition) is 0. The third kappa shape index (κ3) is 2.87. The van der Waals surface area contributed by atoms with E-state index in [1.165, 1.54) is 30.5 Å². The van der Waals surface area contributed by atoms with Crippen molar-refractivity contribution in [2.75, 3.05) is 36.0 Å². The maximum atomic E-state index is 6.40. The highest BCUT2D eigenvalue weighted by Gasteiger charge is 2.53. The molecule has 0 N–H and O–H groups in total. The van der Waals surface area contributed by atoms with Crippen LogP contribution in [0.2, 0.25) is 5.02 Å². The van der Waals surface area contributed by atoms with E-state index < -0.39 is 0 Å². The molecule has 4 aliphatic rings. The number of anilines is 2. The van der Waals surface area contributed by atoms with Crippen LogP contribution in [0.4, 0.5) is 11.8 Å². The van der Waals surface area contributed by atoms with Crippen LogP contribution in [-0.4, -0.2) is 56.9 Å². The summed E-state index contributed by atoms with van der Waals surface area (Å²) < 4.78 is 2.28. The Morgan fingerprint density at radius 3 is 2.53 bits per heavy atom. The third-order valence-corrected chi connectivity index (χ3v) is 7.90. The summed E-state index contributed by atoms with van der Waals surface area (Å²) in [7, 11) is 0. The van der Waals surface area contributed by atoms with E-state index in [1.807, 2.05) is 18.3 Å². The molecule has 32 heavy (non-hydrogen) atoms. The van der Waals surface area contributed by atoms with E-state index in [2.05, 4.69) is 58.7 Å². The second-order valence-electron chi connectivity index (χ2n) is 9.91. The lowest BCUT2D eigenvalue weighted by Crippen LogP contribution is -2.73. The first kappa shape index (κ1) is 18.9. The van der Waals surface area contributed by atoms with Gasteiger partial charge < -0.3 is 9.80 Å². The van der Waals surface area contributed by atoms with Gasteiger partial charge in [-0.15, -0.1) is 10.2 Å². The highest BCUT2D eigenvalue weighted by atomic mass is 35.5. The minimum atomic E-state index is 0.343. The van der Waals surface area contributed by atoms with Crippen LogP contribution in [-0.2, 0) is 13.1 Å². The maximum Gasteiger partial charge on any atom is 0.231 e. The van der Waals surface area contributed by atoms with Gasteiger partial charge in [0.1, 0.15) is 5.82 Å². The Morgan fingerprint density at radius 2 is 1.78 bits per heavy atom. The SMILES string of the molecule is Clc1ccc2c(c1)CN(C1CCC1)Cc1nnc(N3CC4(CN(c5ccccn5)C4)C3)n1-2. The molecule has 3 aliphatic heterocycles. The van der Waals surface area contributed by atoms with E-state index in [9.17, 15) is 0 Å². The summed E-state index contributed by atoms with van der Waals surface area (Å²) in [5, 5.41) is 10.1. The number of aromatic nitrogens is 4. The fraction of sp³-hybridized carbons (Fsp3) is 0.458. The van der Waals surface area contributed by atoms with Crippen LogP contribution in [0.15, 0.2) is 42.6 Å². The predicted octanol–water partition coefficient (Wildman–Crippen LogP) is 3.51. The smallest absolute Gasteiger partial charge is 0.231 e. The number of fused-ring (bicyclic) bond motifs is 3. The molecular formula is C24H26ClN7. The lowest BCUT2D eigenvalue weighted by Gasteiger charge is -2.60. The molecule has 3 aromatic rings. The van der Waals surface area contributed by atoms with Gasteiger partial charge in [-0.3, -0.25) is 9.47 Å². The zero-order valence-electron chi connectivity index (χ0n) is 18.0. The molecule has 5 heterocycles. The lowest BCUT2D eigenvalue weighted by atomic mass is 9.73. The molecule has 0 radical (unpaired) electrons. The molecule has 7 nitrogen and oxygen atoms in total.